The Balaban J connectivity index is 2.12. The smallest absolute Gasteiger partial charge is 0.226 e. The lowest BCUT2D eigenvalue weighted by Crippen LogP contribution is -2.06. The molecule has 0 unspecified atom stereocenters. The summed E-state index contributed by atoms with van der Waals surface area (Å²) in [5, 5.41) is 6.67. The lowest BCUT2D eigenvalue weighted by atomic mass is 10.5. The summed E-state index contributed by atoms with van der Waals surface area (Å²) in [7, 11) is 0. The molecule has 2 rings (SSSR count). The zero-order chi connectivity index (χ0) is 9.97. The van der Waals surface area contributed by atoms with E-state index < -0.39 is 0 Å². The van der Waals surface area contributed by atoms with E-state index >= 15 is 0 Å². The summed E-state index contributed by atoms with van der Waals surface area (Å²) in [6, 6.07) is 2.46. The average Bonchev–Trinajstić information content (AvgIpc) is 2.87. The van der Waals surface area contributed by atoms with Gasteiger partial charge < -0.3 is 10.6 Å². The lowest BCUT2D eigenvalue weighted by molar-refractivity contribution is 1.07. The molecule has 1 heterocycles. The highest BCUT2D eigenvalue weighted by molar-refractivity contribution is 6.28. The van der Waals surface area contributed by atoms with Crippen LogP contribution >= 0.6 is 11.6 Å². The Morgan fingerprint density at radius 1 is 1.43 bits per heavy atom. The summed E-state index contributed by atoms with van der Waals surface area (Å²) >= 11 is 5.79. The van der Waals surface area contributed by atoms with Gasteiger partial charge in [0.1, 0.15) is 11.6 Å². The van der Waals surface area contributed by atoms with Crippen LogP contribution < -0.4 is 10.6 Å². The maximum atomic E-state index is 5.79. The molecule has 0 saturated heterocycles. The van der Waals surface area contributed by atoms with Crippen molar-refractivity contribution in [3.63, 3.8) is 0 Å². The second-order valence-electron chi connectivity index (χ2n) is 3.36. The summed E-state index contributed by atoms with van der Waals surface area (Å²) in [6.45, 7) is 2.85. The summed E-state index contributed by atoms with van der Waals surface area (Å²) in [5.41, 5.74) is 0. The second-order valence-corrected chi connectivity index (χ2v) is 3.69. The lowest BCUT2D eigenvalue weighted by Gasteiger charge is -2.07. The van der Waals surface area contributed by atoms with Gasteiger partial charge in [-0.15, -0.1) is 0 Å². The first kappa shape index (κ1) is 9.52. The van der Waals surface area contributed by atoms with Crippen molar-refractivity contribution < 1.29 is 0 Å². The monoisotopic (exact) mass is 212 g/mol. The van der Waals surface area contributed by atoms with Gasteiger partial charge in [0.15, 0.2) is 0 Å². The van der Waals surface area contributed by atoms with Gasteiger partial charge in [0, 0.05) is 18.7 Å². The first-order valence-corrected chi connectivity index (χ1v) is 5.20. The molecule has 14 heavy (non-hydrogen) atoms. The summed E-state index contributed by atoms with van der Waals surface area (Å²) in [5.74, 6) is 1.58. The van der Waals surface area contributed by atoms with Crippen LogP contribution in [-0.4, -0.2) is 22.6 Å². The number of rotatable bonds is 4. The van der Waals surface area contributed by atoms with E-state index in [9.17, 15) is 0 Å². The number of nitrogens with one attached hydrogen (secondary N) is 2. The van der Waals surface area contributed by atoms with Crippen molar-refractivity contribution in [2.75, 3.05) is 17.2 Å². The molecule has 1 aliphatic rings. The molecule has 0 atom stereocenters. The highest BCUT2D eigenvalue weighted by Crippen LogP contribution is 2.25. The maximum absolute atomic E-state index is 5.79. The molecule has 0 bridgehead atoms. The molecule has 0 aromatic carbocycles. The van der Waals surface area contributed by atoms with Gasteiger partial charge in [-0.25, -0.2) is 9.97 Å². The van der Waals surface area contributed by atoms with Gasteiger partial charge in [-0.3, -0.25) is 0 Å². The minimum Gasteiger partial charge on any atom is -0.370 e. The summed E-state index contributed by atoms with van der Waals surface area (Å²) < 4.78 is 0. The molecular formula is C9H13ClN4. The van der Waals surface area contributed by atoms with E-state index in [-0.39, 0.29) is 5.28 Å². The van der Waals surface area contributed by atoms with Gasteiger partial charge >= 0.3 is 0 Å². The van der Waals surface area contributed by atoms with Gasteiger partial charge in [0.2, 0.25) is 5.28 Å². The van der Waals surface area contributed by atoms with Crippen LogP contribution in [0.15, 0.2) is 6.07 Å². The van der Waals surface area contributed by atoms with Gasteiger partial charge in [-0.1, -0.05) is 0 Å². The summed E-state index contributed by atoms with van der Waals surface area (Å²) in [4.78, 5) is 8.15. The van der Waals surface area contributed by atoms with Gasteiger partial charge in [0.05, 0.1) is 0 Å². The van der Waals surface area contributed by atoms with E-state index in [1.807, 2.05) is 13.0 Å². The Morgan fingerprint density at radius 2 is 2.14 bits per heavy atom. The normalized spacial score (nSPS) is 15.3. The Bertz CT molecular complexity index is 325. The van der Waals surface area contributed by atoms with Crippen LogP contribution in [0, 0.1) is 0 Å². The minimum absolute atomic E-state index is 0.284. The zero-order valence-corrected chi connectivity index (χ0v) is 8.80. The second kappa shape index (κ2) is 4.00. The predicted octanol–water partition coefficient (Wildman–Crippen LogP) is 2.14. The first-order valence-electron chi connectivity index (χ1n) is 4.83. The molecule has 1 aromatic rings. The van der Waals surface area contributed by atoms with Crippen LogP contribution in [-0.2, 0) is 0 Å². The van der Waals surface area contributed by atoms with E-state index in [1.165, 1.54) is 12.8 Å². The fourth-order valence-corrected chi connectivity index (χ4v) is 1.38. The zero-order valence-electron chi connectivity index (χ0n) is 8.05. The van der Waals surface area contributed by atoms with Crippen molar-refractivity contribution in [1.29, 1.82) is 0 Å². The predicted molar refractivity (Wildman–Crippen MR) is 57.9 cm³/mol. The van der Waals surface area contributed by atoms with E-state index in [0.717, 1.165) is 18.2 Å². The number of aromatic nitrogens is 2. The molecule has 5 heteroatoms. The molecular weight excluding hydrogens is 200 g/mol. The third-order valence-corrected chi connectivity index (χ3v) is 2.16. The number of halogens is 1. The molecule has 1 aromatic heterocycles. The van der Waals surface area contributed by atoms with Gasteiger partial charge in [0.25, 0.3) is 0 Å². The van der Waals surface area contributed by atoms with Crippen molar-refractivity contribution in [2.24, 2.45) is 0 Å². The Morgan fingerprint density at radius 3 is 2.79 bits per heavy atom. The Kier molecular flexibility index (Phi) is 2.72. The van der Waals surface area contributed by atoms with Crippen molar-refractivity contribution >= 4 is 23.2 Å². The number of hydrogen-bond donors (Lipinski definition) is 2. The number of nitrogens with zero attached hydrogens (tertiary/aromatic N) is 2. The highest BCUT2D eigenvalue weighted by Gasteiger charge is 2.21. The molecule has 0 amide bonds. The maximum Gasteiger partial charge on any atom is 0.226 e. The largest absolute Gasteiger partial charge is 0.370 e. The minimum atomic E-state index is 0.284. The van der Waals surface area contributed by atoms with Gasteiger partial charge in [-0.2, -0.15) is 0 Å². The quantitative estimate of drug-likeness (QED) is 0.751. The van der Waals surface area contributed by atoms with E-state index in [4.69, 9.17) is 11.6 Å². The Hall–Kier alpha value is -1.03. The fourth-order valence-electron chi connectivity index (χ4n) is 1.20. The molecule has 1 aliphatic carbocycles. The van der Waals surface area contributed by atoms with E-state index in [1.54, 1.807) is 0 Å². The molecule has 0 aliphatic heterocycles. The SMILES string of the molecule is CCNc1cc(NC2CC2)nc(Cl)n1. The van der Waals surface area contributed by atoms with Gasteiger partial charge in [-0.05, 0) is 31.4 Å². The molecule has 0 spiro atoms. The van der Waals surface area contributed by atoms with Crippen molar-refractivity contribution in [2.45, 2.75) is 25.8 Å². The highest BCUT2D eigenvalue weighted by atomic mass is 35.5. The standard InChI is InChI=1S/C9H13ClN4/c1-2-11-7-5-8(12-6-3-4-6)14-9(10)13-7/h5-6H,2-4H2,1H3,(H2,11,12,13,14). The molecule has 1 fully saturated rings. The fraction of sp³-hybridized carbons (Fsp3) is 0.556. The average molecular weight is 213 g/mol. The van der Waals surface area contributed by atoms with Crippen LogP contribution in [0.1, 0.15) is 19.8 Å². The third kappa shape index (κ3) is 2.48. The molecule has 0 radical (unpaired) electrons. The first-order chi connectivity index (χ1) is 6.78. The third-order valence-electron chi connectivity index (χ3n) is 1.99. The van der Waals surface area contributed by atoms with E-state index in [2.05, 4.69) is 20.6 Å². The molecule has 2 N–H and O–H groups in total. The number of anilines is 2. The molecule has 4 nitrogen and oxygen atoms in total. The van der Waals surface area contributed by atoms with Crippen LogP contribution in [0.5, 0.6) is 0 Å². The van der Waals surface area contributed by atoms with Crippen LogP contribution in [0.3, 0.4) is 0 Å². The van der Waals surface area contributed by atoms with Crippen molar-refractivity contribution in [3.05, 3.63) is 11.3 Å². The summed E-state index contributed by atoms with van der Waals surface area (Å²) in [6.07, 6.45) is 2.44. The van der Waals surface area contributed by atoms with Crippen molar-refractivity contribution in [1.82, 2.24) is 9.97 Å². The number of hydrogen-bond acceptors (Lipinski definition) is 4. The molecule has 1 saturated carbocycles. The topological polar surface area (TPSA) is 49.8 Å². The van der Waals surface area contributed by atoms with Crippen LogP contribution in [0.4, 0.5) is 11.6 Å². The van der Waals surface area contributed by atoms with Crippen molar-refractivity contribution in [3.8, 4) is 0 Å². The van der Waals surface area contributed by atoms with Crippen LogP contribution in [0.2, 0.25) is 5.28 Å². The van der Waals surface area contributed by atoms with E-state index in [0.29, 0.717) is 6.04 Å². The molecule has 76 valence electrons. The van der Waals surface area contributed by atoms with Crippen LogP contribution in [0.25, 0.3) is 0 Å². The Labute approximate surface area is 88.1 Å².